The lowest BCUT2D eigenvalue weighted by Crippen LogP contribution is -2.39. The van der Waals surface area contributed by atoms with E-state index in [4.69, 9.17) is 9.47 Å². The normalized spacial score (nSPS) is 20.2. The molecule has 3 aromatic heterocycles. The van der Waals surface area contributed by atoms with Crippen molar-refractivity contribution in [2.24, 2.45) is 0 Å². The van der Waals surface area contributed by atoms with Crippen LogP contribution in [0.25, 0.3) is 0 Å². The summed E-state index contributed by atoms with van der Waals surface area (Å²) in [4.78, 5) is 14.4. The van der Waals surface area contributed by atoms with E-state index < -0.39 is 0 Å². The van der Waals surface area contributed by atoms with Crippen molar-refractivity contribution in [2.45, 2.75) is 44.3 Å². The number of hydrogen-bond donors (Lipinski definition) is 1. The highest BCUT2D eigenvalue weighted by molar-refractivity contribution is 5.26. The second kappa shape index (κ2) is 8.53. The number of fused-ring (bicyclic) bond motifs is 1. The zero-order valence-corrected chi connectivity index (χ0v) is 17.2. The van der Waals surface area contributed by atoms with Crippen molar-refractivity contribution in [3.05, 3.63) is 53.9 Å². The van der Waals surface area contributed by atoms with Gasteiger partial charge in [-0.1, -0.05) is 0 Å². The molecule has 0 saturated carbocycles. The van der Waals surface area contributed by atoms with Gasteiger partial charge < -0.3 is 19.0 Å². The maximum absolute atomic E-state index is 5.56. The molecule has 0 bridgehead atoms. The Hall–Kier alpha value is -2.78. The molecule has 0 aliphatic carbocycles. The first-order valence-corrected chi connectivity index (χ1v) is 10.5. The average molecular weight is 409 g/mol. The SMILES string of the molecule is COc1cccnc1CN1Cc2nnc(C3CCOCC3)n2C(Cc2cnc[nH]2)C1. The predicted molar refractivity (Wildman–Crippen MR) is 109 cm³/mol. The van der Waals surface area contributed by atoms with Crippen LogP contribution >= 0.6 is 0 Å². The maximum Gasteiger partial charge on any atom is 0.147 e. The van der Waals surface area contributed by atoms with Crippen LogP contribution in [0.3, 0.4) is 0 Å². The third kappa shape index (κ3) is 3.82. The van der Waals surface area contributed by atoms with Gasteiger partial charge >= 0.3 is 0 Å². The third-order valence-corrected chi connectivity index (χ3v) is 6.03. The van der Waals surface area contributed by atoms with Crippen LogP contribution in [0.2, 0.25) is 0 Å². The lowest BCUT2D eigenvalue weighted by molar-refractivity contribution is 0.0809. The molecule has 0 radical (unpaired) electrons. The molecule has 5 rings (SSSR count). The van der Waals surface area contributed by atoms with E-state index in [1.807, 2.05) is 24.5 Å². The van der Waals surface area contributed by atoms with E-state index in [9.17, 15) is 0 Å². The molecule has 5 heterocycles. The van der Waals surface area contributed by atoms with Crippen LogP contribution < -0.4 is 4.74 Å². The second-order valence-electron chi connectivity index (χ2n) is 7.99. The molecule has 9 nitrogen and oxygen atoms in total. The van der Waals surface area contributed by atoms with E-state index >= 15 is 0 Å². The number of methoxy groups -OCH3 is 1. The Kier molecular flexibility index (Phi) is 5.46. The van der Waals surface area contributed by atoms with Crippen LogP contribution in [0.1, 0.15) is 47.8 Å². The van der Waals surface area contributed by atoms with E-state index in [0.29, 0.717) is 12.5 Å². The molecule has 9 heteroatoms. The van der Waals surface area contributed by atoms with Crippen LogP contribution in [-0.2, 0) is 24.2 Å². The van der Waals surface area contributed by atoms with Gasteiger partial charge in [0.2, 0.25) is 0 Å². The van der Waals surface area contributed by atoms with E-state index in [-0.39, 0.29) is 6.04 Å². The second-order valence-corrected chi connectivity index (χ2v) is 7.99. The summed E-state index contributed by atoms with van der Waals surface area (Å²) in [5.74, 6) is 3.35. The quantitative estimate of drug-likeness (QED) is 0.666. The fourth-order valence-electron chi connectivity index (χ4n) is 4.59. The summed E-state index contributed by atoms with van der Waals surface area (Å²) in [6.07, 6.45) is 8.32. The van der Waals surface area contributed by atoms with E-state index in [0.717, 1.165) is 74.4 Å². The molecule has 0 amide bonds. The number of hydrogen-bond acceptors (Lipinski definition) is 7. The van der Waals surface area contributed by atoms with Gasteiger partial charge in [0.25, 0.3) is 0 Å². The minimum absolute atomic E-state index is 0.233. The van der Waals surface area contributed by atoms with Crippen molar-refractivity contribution < 1.29 is 9.47 Å². The van der Waals surface area contributed by atoms with Crippen molar-refractivity contribution in [3.8, 4) is 5.75 Å². The minimum Gasteiger partial charge on any atom is -0.495 e. The van der Waals surface area contributed by atoms with Gasteiger partial charge in [0.15, 0.2) is 0 Å². The molecule has 0 aromatic carbocycles. The number of ether oxygens (including phenoxy) is 2. The van der Waals surface area contributed by atoms with Gasteiger partial charge in [-0.25, -0.2) is 4.98 Å². The Morgan fingerprint density at radius 2 is 2.17 bits per heavy atom. The summed E-state index contributed by atoms with van der Waals surface area (Å²) < 4.78 is 13.4. The standard InChI is InChI=1S/C21H27N7O2/c1-29-19-3-2-6-23-18(19)12-27-11-17(9-16-10-22-14-24-16)28-20(13-27)25-26-21(28)15-4-7-30-8-5-15/h2-3,6,10,14-15,17H,4-5,7-9,11-13H2,1H3,(H,22,24). The Balaban J connectivity index is 1.44. The molecule has 1 N–H and O–H groups in total. The lowest BCUT2D eigenvalue weighted by atomic mass is 9.98. The highest BCUT2D eigenvalue weighted by atomic mass is 16.5. The van der Waals surface area contributed by atoms with Crippen molar-refractivity contribution in [1.82, 2.24) is 34.6 Å². The van der Waals surface area contributed by atoms with E-state index in [1.54, 1.807) is 13.4 Å². The Morgan fingerprint density at radius 1 is 1.27 bits per heavy atom. The topological polar surface area (TPSA) is 94.0 Å². The first-order chi connectivity index (χ1) is 14.8. The fraction of sp³-hybridized carbons (Fsp3) is 0.524. The van der Waals surface area contributed by atoms with Crippen LogP contribution in [0.15, 0.2) is 30.9 Å². The summed E-state index contributed by atoms with van der Waals surface area (Å²) in [6.45, 7) is 3.94. The number of nitrogens with zero attached hydrogens (tertiary/aromatic N) is 6. The smallest absolute Gasteiger partial charge is 0.147 e. The van der Waals surface area contributed by atoms with Gasteiger partial charge in [-0.05, 0) is 25.0 Å². The molecule has 158 valence electrons. The van der Waals surface area contributed by atoms with Gasteiger partial charge in [-0.3, -0.25) is 9.88 Å². The van der Waals surface area contributed by atoms with Crippen LogP contribution in [0.4, 0.5) is 0 Å². The Morgan fingerprint density at radius 3 is 2.97 bits per heavy atom. The van der Waals surface area contributed by atoms with Crippen molar-refractivity contribution >= 4 is 0 Å². The van der Waals surface area contributed by atoms with Crippen molar-refractivity contribution in [1.29, 1.82) is 0 Å². The lowest BCUT2D eigenvalue weighted by Gasteiger charge is -2.35. The van der Waals surface area contributed by atoms with Gasteiger partial charge in [0.05, 0.1) is 31.7 Å². The van der Waals surface area contributed by atoms with Gasteiger partial charge in [0.1, 0.15) is 17.4 Å². The van der Waals surface area contributed by atoms with Crippen LogP contribution in [0, 0.1) is 0 Å². The molecule has 3 aromatic rings. The maximum atomic E-state index is 5.56. The summed E-state index contributed by atoms with van der Waals surface area (Å²) in [7, 11) is 1.69. The summed E-state index contributed by atoms with van der Waals surface area (Å²) in [6, 6.07) is 4.09. The van der Waals surface area contributed by atoms with Crippen LogP contribution in [0.5, 0.6) is 5.75 Å². The number of aromatic nitrogens is 6. The number of pyridine rings is 1. The molecular weight excluding hydrogens is 382 g/mol. The van der Waals surface area contributed by atoms with Crippen molar-refractivity contribution in [3.63, 3.8) is 0 Å². The van der Waals surface area contributed by atoms with Crippen LogP contribution in [-0.4, -0.2) is 61.5 Å². The molecule has 0 spiro atoms. The fourth-order valence-corrected chi connectivity index (χ4v) is 4.59. The monoisotopic (exact) mass is 409 g/mol. The molecule has 30 heavy (non-hydrogen) atoms. The Labute approximate surface area is 175 Å². The first-order valence-electron chi connectivity index (χ1n) is 10.5. The summed E-state index contributed by atoms with van der Waals surface area (Å²) in [5.41, 5.74) is 2.06. The number of rotatable bonds is 6. The third-order valence-electron chi connectivity index (χ3n) is 6.03. The number of imidazole rings is 1. The molecule has 1 fully saturated rings. The number of aromatic amines is 1. The van der Waals surface area contributed by atoms with E-state index in [2.05, 4.69) is 34.6 Å². The molecule has 1 unspecified atom stereocenters. The number of nitrogens with one attached hydrogen (secondary N) is 1. The predicted octanol–water partition coefficient (Wildman–Crippen LogP) is 2.10. The summed E-state index contributed by atoms with van der Waals surface area (Å²) >= 11 is 0. The molecule has 1 atom stereocenters. The molecular formula is C21H27N7O2. The highest BCUT2D eigenvalue weighted by Gasteiger charge is 2.33. The highest BCUT2D eigenvalue weighted by Crippen LogP contribution is 2.33. The van der Waals surface area contributed by atoms with E-state index in [1.165, 1.54) is 0 Å². The largest absolute Gasteiger partial charge is 0.495 e. The Bertz CT molecular complexity index is 966. The van der Waals surface area contributed by atoms with Crippen molar-refractivity contribution in [2.75, 3.05) is 26.9 Å². The zero-order valence-electron chi connectivity index (χ0n) is 17.2. The average Bonchev–Trinajstić information content (AvgIpc) is 3.45. The molecule has 1 saturated heterocycles. The van der Waals surface area contributed by atoms with Gasteiger partial charge in [-0.15, -0.1) is 10.2 Å². The molecule has 2 aliphatic heterocycles. The number of H-pyrrole nitrogens is 1. The van der Waals surface area contributed by atoms with Gasteiger partial charge in [0, 0.05) is 56.7 Å². The molecule has 2 aliphatic rings. The minimum atomic E-state index is 0.233. The zero-order chi connectivity index (χ0) is 20.3. The first kappa shape index (κ1) is 19.2. The van der Waals surface area contributed by atoms with Gasteiger partial charge in [-0.2, -0.15) is 0 Å². The summed E-state index contributed by atoms with van der Waals surface area (Å²) in [5, 5.41) is 9.24.